The number of benzene rings is 1. The number of hydrogen-bond acceptors (Lipinski definition) is 4. The van der Waals surface area contributed by atoms with Gasteiger partial charge in [-0.15, -0.1) is 0 Å². The first-order valence-electron chi connectivity index (χ1n) is 7.29. The zero-order valence-electron chi connectivity index (χ0n) is 13.2. The Balaban J connectivity index is 1.93. The highest BCUT2D eigenvalue weighted by Crippen LogP contribution is 2.13. The first-order chi connectivity index (χ1) is 10.6. The monoisotopic (exact) mass is 302 g/mol. The van der Waals surface area contributed by atoms with Crippen LogP contribution in [0.2, 0.25) is 0 Å². The van der Waals surface area contributed by atoms with Gasteiger partial charge in [-0.3, -0.25) is 9.48 Å². The molecule has 0 fully saturated rings. The van der Waals surface area contributed by atoms with Gasteiger partial charge in [0.15, 0.2) is 0 Å². The average molecular weight is 302 g/mol. The van der Waals surface area contributed by atoms with E-state index in [0.717, 1.165) is 16.9 Å². The molecule has 22 heavy (non-hydrogen) atoms. The van der Waals surface area contributed by atoms with Gasteiger partial charge >= 0.3 is 0 Å². The van der Waals surface area contributed by atoms with Crippen molar-refractivity contribution < 1.29 is 9.53 Å². The molecule has 0 aliphatic rings. The highest BCUT2D eigenvalue weighted by molar-refractivity contribution is 5.83. The Bertz CT molecular complexity index is 607. The number of nitrogens with one attached hydrogen (secondary N) is 2. The lowest BCUT2D eigenvalue weighted by molar-refractivity contribution is -0.123. The van der Waals surface area contributed by atoms with Gasteiger partial charge in [0.25, 0.3) is 0 Å². The maximum Gasteiger partial charge on any atom is 0.242 e. The second-order valence-electron chi connectivity index (χ2n) is 4.96. The molecule has 0 spiro atoms. The van der Waals surface area contributed by atoms with Crippen LogP contribution in [0.4, 0.5) is 0 Å². The molecule has 0 radical (unpaired) electrons. The summed E-state index contributed by atoms with van der Waals surface area (Å²) in [5, 5.41) is 10.0. The van der Waals surface area contributed by atoms with Crippen LogP contribution in [0.3, 0.4) is 0 Å². The minimum atomic E-state index is -0.406. The van der Waals surface area contributed by atoms with Crippen LogP contribution in [0.1, 0.15) is 24.1 Å². The highest BCUT2D eigenvalue weighted by atomic mass is 16.5. The van der Waals surface area contributed by atoms with E-state index in [1.54, 1.807) is 17.9 Å². The van der Waals surface area contributed by atoms with Crippen LogP contribution in [0.25, 0.3) is 0 Å². The van der Waals surface area contributed by atoms with Crippen molar-refractivity contribution in [3.05, 3.63) is 47.8 Å². The van der Waals surface area contributed by atoms with Crippen molar-refractivity contribution in [1.82, 2.24) is 20.4 Å². The fraction of sp³-hybridized carbons (Fsp3) is 0.375. The number of aromatic nitrogens is 2. The molecule has 0 aliphatic heterocycles. The number of aryl methyl sites for hydroxylation is 1. The van der Waals surface area contributed by atoms with E-state index in [1.807, 2.05) is 44.4 Å². The molecule has 1 atom stereocenters. The largest absolute Gasteiger partial charge is 0.494 e. The second-order valence-corrected chi connectivity index (χ2v) is 4.96. The van der Waals surface area contributed by atoms with Crippen LogP contribution in [0.5, 0.6) is 5.75 Å². The Morgan fingerprint density at radius 1 is 1.36 bits per heavy atom. The Morgan fingerprint density at radius 3 is 2.64 bits per heavy atom. The van der Waals surface area contributed by atoms with Gasteiger partial charge in [0.2, 0.25) is 5.91 Å². The maximum atomic E-state index is 12.3. The summed E-state index contributed by atoms with van der Waals surface area (Å²) in [7, 11) is 3.59. The Kier molecular flexibility index (Phi) is 5.55. The summed E-state index contributed by atoms with van der Waals surface area (Å²) < 4.78 is 7.08. The average Bonchev–Trinajstić information content (AvgIpc) is 2.94. The van der Waals surface area contributed by atoms with Gasteiger partial charge < -0.3 is 15.4 Å². The summed E-state index contributed by atoms with van der Waals surface area (Å²) in [5.74, 6) is 0.755. The number of nitrogens with zero attached hydrogens (tertiary/aromatic N) is 2. The molecule has 1 heterocycles. The van der Waals surface area contributed by atoms with E-state index in [4.69, 9.17) is 4.74 Å². The molecule has 2 rings (SSSR count). The van der Waals surface area contributed by atoms with E-state index < -0.39 is 6.04 Å². The van der Waals surface area contributed by atoms with Crippen LogP contribution >= 0.6 is 0 Å². The van der Waals surface area contributed by atoms with Crippen molar-refractivity contribution in [1.29, 1.82) is 0 Å². The van der Waals surface area contributed by atoms with Crippen LogP contribution in [0.15, 0.2) is 36.7 Å². The summed E-state index contributed by atoms with van der Waals surface area (Å²) in [6.07, 6.45) is 3.52. The Hall–Kier alpha value is -2.34. The third-order valence-corrected chi connectivity index (χ3v) is 3.31. The van der Waals surface area contributed by atoms with Crippen molar-refractivity contribution in [3.8, 4) is 5.75 Å². The number of likely N-dealkylation sites (N-methyl/N-ethyl adjacent to an activating group) is 1. The van der Waals surface area contributed by atoms with Gasteiger partial charge in [0, 0.05) is 25.4 Å². The third-order valence-electron chi connectivity index (χ3n) is 3.31. The smallest absolute Gasteiger partial charge is 0.242 e. The second kappa shape index (κ2) is 7.61. The first kappa shape index (κ1) is 16.0. The molecular formula is C16H22N4O2. The molecule has 6 heteroatoms. The molecule has 6 nitrogen and oxygen atoms in total. The third kappa shape index (κ3) is 4.08. The number of rotatable bonds is 7. The number of carbonyl (C=O) groups excluding carboxylic acids is 1. The van der Waals surface area contributed by atoms with Crippen molar-refractivity contribution in [3.63, 3.8) is 0 Å². The zero-order chi connectivity index (χ0) is 15.9. The molecule has 1 aromatic carbocycles. The van der Waals surface area contributed by atoms with Crippen LogP contribution in [0, 0.1) is 0 Å². The number of hydrogen-bond donors (Lipinski definition) is 2. The lowest BCUT2D eigenvalue weighted by atomic mass is 10.1. The molecule has 0 bridgehead atoms. The molecule has 0 aliphatic carbocycles. The molecule has 1 amide bonds. The van der Waals surface area contributed by atoms with E-state index in [9.17, 15) is 4.79 Å². The summed E-state index contributed by atoms with van der Waals surface area (Å²) in [6.45, 7) is 3.07. The van der Waals surface area contributed by atoms with Crippen molar-refractivity contribution in [2.24, 2.45) is 7.05 Å². The van der Waals surface area contributed by atoms with Crippen molar-refractivity contribution >= 4 is 5.91 Å². The van der Waals surface area contributed by atoms with Gasteiger partial charge in [0.05, 0.1) is 12.8 Å². The topological polar surface area (TPSA) is 68.2 Å². The molecule has 1 aromatic heterocycles. The van der Waals surface area contributed by atoms with Crippen LogP contribution < -0.4 is 15.4 Å². The minimum Gasteiger partial charge on any atom is -0.494 e. The lowest BCUT2D eigenvalue weighted by Crippen LogP contribution is -2.35. The summed E-state index contributed by atoms with van der Waals surface area (Å²) in [4.78, 5) is 12.3. The van der Waals surface area contributed by atoms with Crippen LogP contribution in [-0.4, -0.2) is 29.3 Å². The lowest BCUT2D eigenvalue weighted by Gasteiger charge is -2.14. The normalized spacial score (nSPS) is 12.0. The molecule has 1 unspecified atom stereocenters. The predicted molar refractivity (Wildman–Crippen MR) is 84.5 cm³/mol. The van der Waals surface area contributed by atoms with E-state index in [2.05, 4.69) is 15.7 Å². The first-order valence-corrected chi connectivity index (χ1v) is 7.29. The van der Waals surface area contributed by atoms with E-state index in [1.165, 1.54) is 0 Å². The summed E-state index contributed by atoms with van der Waals surface area (Å²) in [6, 6.07) is 7.30. The van der Waals surface area contributed by atoms with Crippen molar-refractivity contribution in [2.75, 3.05) is 13.7 Å². The van der Waals surface area contributed by atoms with Crippen LogP contribution in [-0.2, 0) is 18.4 Å². The SMILES string of the molecule is CCOc1ccc(CNC(=O)C(NC)c2cnn(C)c2)cc1. The number of ether oxygens (including phenoxy) is 1. The molecule has 2 aromatic rings. The molecular weight excluding hydrogens is 280 g/mol. The summed E-state index contributed by atoms with van der Waals surface area (Å²) >= 11 is 0. The molecule has 118 valence electrons. The zero-order valence-corrected chi connectivity index (χ0v) is 13.2. The molecule has 0 saturated heterocycles. The minimum absolute atomic E-state index is 0.0793. The number of carbonyl (C=O) groups is 1. The van der Waals surface area contributed by atoms with E-state index in [0.29, 0.717) is 13.2 Å². The molecule has 2 N–H and O–H groups in total. The van der Waals surface area contributed by atoms with Gasteiger partial charge in [-0.25, -0.2) is 0 Å². The Morgan fingerprint density at radius 2 is 2.09 bits per heavy atom. The van der Waals surface area contributed by atoms with Crippen molar-refractivity contribution in [2.45, 2.75) is 19.5 Å². The fourth-order valence-corrected chi connectivity index (χ4v) is 2.20. The number of amides is 1. The van der Waals surface area contributed by atoms with Gasteiger partial charge in [-0.2, -0.15) is 5.10 Å². The van der Waals surface area contributed by atoms with Gasteiger partial charge in [0.1, 0.15) is 11.8 Å². The van der Waals surface area contributed by atoms with E-state index in [-0.39, 0.29) is 5.91 Å². The standard InChI is InChI=1S/C16H22N4O2/c1-4-22-14-7-5-12(6-8-14)9-18-16(21)15(17-2)13-10-19-20(3)11-13/h5-8,10-11,15,17H,4,9H2,1-3H3,(H,18,21). The van der Waals surface area contributed by atoms with E-state index >= 15 is 0 Å². The van der Waals surface area contributed by atoms with Gasteiger partial charge in [-0.1, -0.05) is 12.1 Å². The van der Waals surface area contributed by atoms with Gasteiger partial charge in [-0.05, 0) is 31.7 Å². The maximum absolute atomic E-state index is 12.3. The highest BCUT2D eigenvalue weighted by Gasteiger charge is 2.19. The predicted octanol–water partition coefficient (Wildman–Crippen LogP) is 1.40. The molecule has 0 saturated carbocycles. The summed E-state index contributed by atoms with van der Waals surface area (Å²) in [5.41, 5.74) is 1.87. The quantitative estimate of drug-likeness (QED) is 0.811. The Labute approximate surface area is 130 Å². The fourth-order valence-electron chi connectivity index (χ4n) is 2.20.